The molecule has 32 heavy (non-hydrogen) atoms. The van der Waals surface area contributed by atoms with Crippen LogP contribution in [0.1, 0.15) is 31.4 Å². The Morgan fingerprint density at radius 3 is 2.06 bits per heavy atom. The largest absolute Gasteiger partial charge is 0.409 e. The van der Waals surface area contributed by atoms with Gasteiger partial charge in [0.1, 0.15) is 6.54 Å². The van der Waals surface area contributed by atoms with Crippen LogP contribution in [0.3, 0.4) is 0 Å². The molecule has 7 N–H and O–H groups in total. The number of oxime groups is 1. The summed E-state index contributed by atoms with van der Waals surface area (Å²) in [5.74, 6) is 0.0284. The number of nitrogens with one attached hydrogen (secondary N) is 3. The molecule has 0 radical (unpaired) electrons. The molecule has 2 aromatic carbocycles. The van der Waals surface area contributed by atoms with Crippen molar-refractivity contribution in [2.45, 2.75) is 20.3 Å². The number of allylic oxidation sites excluding steroid dienone is 2. The van der Waals surface area contributed by atoms with Gasteiger partial charge in [-0.3, -0.25) is 4.99 Å². The van der Waals surface area contributed by atoms with E-state index < -0.39 is 0 Å². The van der Waals surface area contributed by atoms with Gasteiger partial charge in [0.2, 0.25) is 0 Å². The number of amides is 2. The maximum Gasteiger partial charge on any atom is 0.323 e. The summed E-state index contributed by atoms with van der Waals surface area (Å²) >= 11 is 0. The Morgan fingerprint density at radius 2 is 1.56 bits per heavy atom. The molecule has 0 saturated heterocycles. The van der Waals surface area contributed by atoms with E-state index in [-0.39, 0.29) is 30.7 Å². The number of aliphatic hydroxyl groups is 1. The first-order valence-electron chi connectivity index (χ1n) is 9.92. The van der Waals surface area contributed by atoms with Crippen LogP contribution in [0.5, 0.6) is 0 Å². The zero-order chi connectivity index (χ0) is 23.5. The molecule has 0 aliphatic heterocycles. The maximum atomic E-state index is 12.3. The van der Waals surface area contributed by atoms with E-state index in [2.05, 4.69) is 20.8 Å². The highest BCUT2D eigenvalue weighted by Gasteiger charge is 2.05. The number of aliphatic imine (C=N–C) groups is 1. The van der Waals surface area contributed by atoms with Crippen LogP contribution in [0, 0.1) is 5.41 Å². The van der Waals surface area contributed by atoms with Gasteiger partial charge in [-0.05, 0) is 54.8 Å². The van der Waals surface area contributed by atoms with E-state index in [9.17, 15) is 4.79 Å². The number of carbonyl (C=O) groups excluding carboxylic acids is 1. The predicted octanol–water partition coefficient (Wildman–Crippen LogP) is 3.69. The van der Waals surface area contributed by atoms with Gasteiger partial charge in [-0.15, -0.1) is 0 Å². The van der Waals surface area contributed by atoms with Crippen molar-refractivity contribution in [2.75, 3.05) is 23.8 Å². The predicted molar refractivity (Wildman–Crippen MR) is 129 cm³/mol. The Labute approximate surface area is 186 Å². The van der Waals surface area contributed by atoms with E-state index in [4.69, 9.17) is 21.5 Å². The van der Waals surface area contributed by atoms with Crippen molar-refractivity contribution in [1.29, 1.82) is 5.41 Å². The second kappa shape index (κ2) is 12.0. The molecule has 0 aromatic heterocycles. The summed E-state index contributed by atoms with van der Waals surface area (Å²) in [5.41, 5.74) is 10.5. The lowest BCUT2D eigenvalue weighted by molar-refractivity contribution is 0.262. The van der Waals surface area contributed by atoms with Crippen molar-refractivity contribution in [3.63, 3.8) is 0 Å². The number of hydrogen-bond acceptors (Lipinski definition) is 6. The molecule has 0 spiro atoms. The van der Waals surface area contributed by atoms with E-state index in [1.165, 1.54) is 0 Å². The number of aliphatic hydroxyl groups excluding tert-OH is 1. The van der Waals surface area contributed by atoms with E-state index in [1.807, 2.05) is 44.2 Å². The number of amidine groups is 1. The average molecular weight is 437 g/mol. The van der Waals surface area contributed by atoms with Crippen LogP contribution in [0.15, 0.2) is 64.8 Å². The third-order valence-electron chi connectivity index (χ3n) is 4.61. The van der Waals surface area contributed by atoms with Gasteiger partial charge >= 0.3 is 6.03 Å². The molecule has 2 rings (SSSR count). The number of anilines is 2. The van der Waals surface area contributed by atoms with Gasteiger partial charge < -0.3 is 32.1 Å². The van der Waals surface area contributed by atoms with Crippen LogP contribution in [0.2, 0.25) is 0 Å². The molecule has 0 saturated carbocycles. The second-order valence-electron chi connectivity index (χ2n) is 7.08. The number of hydrogen-bond donors (Lipinski definition) is 6. The van der Waals surface area contributed by atoms with Gasteiger partial charge in [-0.2, -0.15) is 0 Å². The van der Waals surface area contributed by atoms with Crippen molar-refractivity contribution in [2.24, 2.45) is 15.9 Å². The lowest BCUT2D eigenvalue weighted by Gasteiger charge is -2.10. The molecule has 0 fully saturated rings. The third kappa shape index (κ3) is 7.69. The molecule has 0 heterocycles. The quantitative estimate of drug-likeness (QED) is 0.153. The average Bonchev–Trinajstić information content (AvgIpc) is 2.81. The minimum atomic E-state index is -0.369. The standard InChI is InChI=1S/C23H28N6O3/c1-15(3-8-19(24)14-30)17-4-9-20(10-5-17)27-23(31)28-21-11-6-18(7-12-21)16(2)26-13-22(25)29-32/h3-7,9-12,24,30,32H,8,13-14H2,1-2H3,(H2,25,29)(H2,27,28,31)/b15-3+,24-19?,26-16?. The summed E-state index contributed by atoms with van der Waals surface area (Å²) < 4.78 is 0. The number of nitrogens with zero attached hydrogens (tertiary/aromatic N) is 2. The monoisotopic (exact) mass is 436 g/mol. The Balaban J connectivity index is 1.93. The normalized spacial score (nSPS) is 12.4. The van der Waals surface area contributed by atoms with Crippen LogP contribution < -0.4 is 16.4 Å². The van der Waals surface area contributed by atoms with Crippen molar-refractivity contribution >= 4 is 40.2 Å². The minimum Gasteiger partial charge on any atom is -0.409 e. The van der Waals surface area contributed by atoms with Gasteiger partial charge in [-0.1, -0.05) is 35.5 Å². The lowest BCUT2D eigenvalue weighted by atomic mass is 10.1. The lowest BCUT2D eigenvalue weighted by Crippen LogP contribution is -2.19. The van der Waals surface area contributed by atoms with Crippen LogP contribution >= 0.6 is 0 Å². The van der Waals surface area contributed by atoms with Gasteiger partial charge in [0.15, 0.2) is 5.84 Å². The number of urea groups is 1. The summed E-state index contributed by atoms with van der Waals surface area (Å²) in [7, 11) is 0. The summed E-state index contributed by atoms with van der Waals surface area (Å²) in [5, 5.41) is 33.4. The number of benzene rings is 2. The highest BCUT2D eigenvalue weighted by Crippen LogP contribution is 2.18. The molecule has 9 heteroatoms. The zero-order valence-corrected chi connectivity index (χ0v) is 18.1. The maximum absolute atomic E-state index is 12.3. The smallest absolute Gasteiger partial charge is 0.323 e. The van der Waals surface area contributed by atoms with Crippen LogP contribution in [-0.2, 0) is 0 Å². The first-order valence-corrected chi connectivity index (χ1v) is 9.92. The van der Waals surface area contributed by atoms with Crippen molar-refractivity contribution in [3.8, 4) is 0 Å². The topological polar surface area (TPSA) is 156 Å². The highest BCUT2D eigenvalue weighted by atomic mass is 16.4. The summed E-state index contributed by atoms with van der Waals surface area (Å²) in [4.78, 5) is 16.5. The first kappa shape index (κ1) is 24.3. The van der Waals surface area contributed by atoms with E-state index in [1.54, 1.807) is 24.3 Å². The molecular formula is C23H28N6O3. The highest BCUT2D eigenvalue weighted by molar-refractivity contribution is 6.02. The molecule has 0 unspecified atom stereocenters. The van der Waals surface area contributed by atoms with Crippen LogP contribution in [-0.4, -0.2) is 46.8 Å². The zero-order valence-electron chi connectivity index (χ0n) is 18.1. The first-order chi connectivity index (χ1) is 15.3. The Hall–Kier alpha value is -3.98. The fourth-order valence-electron chi connectivity index (χ4n) is 2.69. The van der Waals surface area contributed by atoms with Gasteiger partial charge in [0, 0.05) is 29.2 Å². The fraction of sp³-hybridized carbons (Fsp3) is 0.217. The van der Waals surface area contributed by atoms with Crippen molar-refractivity contribution in [1.82, 2.24) is 0 Å². The van der Waals surface area contributed by atoms with Crippen LogP contribution in [0.25, 0.3) is 5.57 Å². The van der Waals surface area contributed by atoms with Gasteiger partial charge in [0.05, 0.1) is 6.61 Å². The summed E-state index contributed by atoms with van der Waals surface area (Å²) in [6.07, 6.45) is 2.29. The number of carbonyl (C=O) groups is 1. The van der Waals surface area contributed by atoms with Crippen LogP contribution in [0.4, 0.5) is 16.2 Å². The molecule has 2 amide bonds. The van der Waals surface area contributed by atoms with E-state index >= 15 is 0 Å². The summed E-state index contributed by atoms with van der Waals surface area (Å²) in [6, 6.07) is 14.2. The Morgan fingerprint density at radius 1 is 1.03 bits per heavy atom. The fourth-order valence-corrected chi connectivity index (χ4v) is 2.69. The Bertz CT molecular complexity index is 1020. The van der Waals surface area contributed by atoms with Crippen molar-refractivity contribution in [3.05, 3.63) is 65.7 Å². The summed E-state index contributed by atoms with van der Waals surface area (Å²) in [6.45, 7) is 3.61. The molecule has 0 aliphatic rings. The molecule has 9 nitrogen and oxygen atoms in total. The SMILES string of the molecule is CC(=NC/C(N)=N/O)c1ccc(NC(=O)Nc2ccc(/C(C)=C/CC(=N)CO)cc2)cc1. The number of nitrogens with two attached hydrogens (primary N) is 1. The Kier molecular flexibility index (Phi) is 9.12. The minimum absolute atomic E-state index is 0.0284. The molecule has 0 atom stereocenters. The molecule has 0 aliphatic carbocycles. The van der Waals surface area contributed by atoms with Gasteiger partial charge in [0.25, 0.3) is 0 Å². The van der Waals surface area contributed by atoms with Gasteiger partial charge in [-0.25, -0.2) is 4.79 Å². The molecule has 168 valence electrons. The van der Waals surface area contributed by atoms with E-state index in [0.717, 1.165) is 22.4 Å². The third-order valence-corrected chi connectivity index (χ3v) is 4.61. The molecule has 0 bridgehead atoms. The van der Waals surface area contributed by atoms with E-state index in [0.29, 0.717) is 17.8 Å². The van der Waals surface area contributed by atoms with Crippen molar-refractivity contribution < 1.29 is 15.1 Å². The second-order valence-corrected chi connectivity index (χ2v) is 7.08. The molecular weight excluding hydrogens is 408 g/mol. The molecule has 2 aromatic rings. The number of rotatable bonds is 9.